The topological polar surface area (TPSA) is 59.2 Å². The lowest BCUT2D eigenvalue weighted by Crippen LogP contribution is -2.26. The second-order valence-electron chi connectivity index (χ2n) is 4.31. The summed E-state index contributed by atoms with van der Waals surface area (Å²) in [4.78, 5) is 1.54. The molecule has 1 aromatic rings. The highest BCUT2D eigenvalue weighted by molar-refractivity contribution is 7.91. The summed E-state index contributed by atoms with van der Waals surface area (Å²) in [5.41, 5.74) is 0.722. The van der Waals surface area contributed by atoms with Crippen LogP contribution < -0.4 is 0 Å². The van der Waals surface area contributed by atoms with Gasteiger partial charge in [0, 0.05) is 0 Å². The van der Waals surface area contributed by atoms with E-state index in [1.54, 1.807) is 6.07 Å². The molecule has 0 aromatic carbocycles. The third-order valence-corrected chi connectivity index (χ3v) is 4.40. The van der Waals surface area contributed by atoms with Gasteiger partial charge in [0.15, 0.2) is 0 Å². The molecule has 0 aliphatic rings. The fraction of sp³-hybridized carbons (Fsp3) is 0.455. The molecule has 0 bridgehead atoms. The van der Waals surface area contributed by atoms with Crippen molar-refractivity contribution in [1.82, 2.24) is 0 Å². The van der Waals surface area contributed by atoms with Crippen LogP contribution in [0.3, 0.4) is 0 Å². The van der Waals surface area contributed by atoms with Crippen LogP contribution in [0, 0.1) is 11.3 Å². The second-order valence-corrected chi connectivity index (χ2v) is 7.30. The molecule has 86 valence electrons. The Bertz CT molecular complexity index is 438. The van der Waals surface area contributed by atoms with Gasteiger partial charge in [0.05, 0.1) is 4.88 Å². The van der Waals surface area contributed by atoms with Crippen molar-refractivity contribution >= 4 is 28.4 Å². The van der Waals surface area contributed by atoms with Gasteiger partial charge >= 0.3 is 0 Å². The zero-order chi connectivity index (χ0) is 12.3. The van der Waals surface area contributed by atoms with Crippen LogP contribution in [-0.4, -0.2) is 15.0 Å². The summed E-state index contributed by atoms with van der Waals surface area (Å²) >= 11 is 0.118. The minimum Gasteiger partial charge on any atom is -0.591 e. The van der Waals surface area contributed by atoms with Gasteiger partial charge in [0.1, 0.15) is 32.8 Å². The number of nitriles is 1. The van der Waals surface area contributed by atoms with E-state index in [4.69, 9.17) is 5.26 Å². The lowest BCUT2D eigenvalue weighted by Gasteiger charge is -2.18. The Hall–Kier alpha value is -0.830. The molecule has 16 heavy (non-hydrogen) atoms. The molecule has 0 fully saturated rings. The second kappa shape index (κ2) is 5.00. The molecule has 1 atom stereocenters. The van der Waals surface area contributed by atoms with E-state index in [1.807, 2.05) is 33.8 Å². The number of rotatable bonds is 2. The third-order valence-electron chi connectivity index (χ3n) is 1.82. The van der Waals surface area contributed by atoms with Gasteiger partial charge in [-0.25, -0.2) is 0 Å². The van der Waals surface area contributed by atoms with E-state index >= 15 is 0 Å². The quantitative estimate of drug-likeness (QED) is 0.602. The molecule has 1 unspecified atom stereocenters. The average molecular weight is 254 g/mol. The number of hydrogen-bond acceptors (Lipinski definition) is 4. The summed E-state index contributed by atoms with van der Waals surface area (Å²) in [5.74, 6) is 0. The van der Waals surface area contributed by atoms with E-state index in [-0.39, 0.29) is 4.75 Å². The molecule has 1 heterocycles. The molecule has 0 aliphatic heterocycles. The van der Waals surface area contributed by atoms with Crippen molar-refractivity contribution in [2.75, 3.05) is 0 Å². The smallest absolute Gasteiger partial charge is 0.144 e. The van der Waals surface area contributed by atoms with Crippen LogP contribution in [0.2, 0.25) is 0 Å². The largest absolute Gasteiger partial charge is 0.591 e. The number of hydrogen-bond donors (Lipinski definition) is 0. The van der Waals surface area contributed by atoms with Gasteiger partial charge in [-0.1, -0.05) is 4.40 Å². The molecular weight excluding hydrogens is 240 g/mol. The molecule has 0 spiro atoms. The van der Waals surface area contributed by atoms with Crippen LogP contribution in [-0.2, 0) is 11.4 Å². The fourth-order valence-electron chi connectivity index (χ4n) is 0.899. The standard InChI is InChI=1S/C11H14N2OS2/c1-8(13-16(14)11(2,3)4)10-6-5-9(7-12)15-10/h5-6H,1-4H3/b13-8+. The Labute approximate surface area is 103 Å². The Morgan fingerprint density at radius 1 is 1.50 bits per heavy atom. The molecular formula is C11H14N2OS2. The average Bonchev–Trinajstić information content (AvgIpc) is 2.64. The summed E-state index contributed by atoms with van der Waals surface area (Å²) in [6, 6.07) is 5.66. The summed E-state index contributed by atoms with van der Waals surface area (Å²) in [5, 5.41) is 8.70. The number of thiophene rings is 1. The fourth-order valence-corrected chi connectivity index (χ4v) is 2.33. The summed E-state index contributed by atoms with van der Waals surface area (Å²) in [6.45, 7) is 7.47. The molecule has 0 N–H and O–H groups in total. The molecule has 0 aliphatic carbocycles. The van der Waals surface area contributed by atoms with Crippen LogP contribution >= 0.6 is 11.3 Å². The van der Waals surface area contributed by atoms with Crippen molar-refractivity contribution in [3.63, 3.8) is 0 Å². The maximum atomic E-state index is 11.8. The lowest BCUT2D eigenvalue weighted by atomic mass is 10.3. The first-order valence-corrected chi connectivity index (χ1v) is 6.74. The SMILES string of the molecule is C/C(=N\[S+]([O-])C(C)(C)C)c1ccc(C#N)s1. The van der Waals surface area contributed by atoms with E-state index in [9.17, 15) is 4.55 Å². The normalized spacial score (nSPS) is 14.6. The minimum atomic E-state index is -1.25. The van der Waals surface area contributed by atoms with E-state index in [0.29, 0.717) is 4.88 Å². The molecule has 0 saturated carbocycles. The van der Waals surface area contributed by atoms with Crippen molar-refractivity contribution in [3.05, 3.63) is 21.9 Å². The molecule has 0 radical (unpaired) electrons. The first-order chi connectivity index (χ1) is 7.34. The Kier molecular flexibility index (Phi) is 4.14. The van der Waals surface area contributed by atoms with Crippen molar-refractivity contribution in [2.24, 2.45) is 4.40 Å². The Morgan fingerprint density at radius 3 is 2.56 bits per heavy atom. The Balaban J connectivity index is 2.90. The van der Waals surface area contributed by atoms with E-state index in [2.05, 4.69) is 10.5 Å². The Morgan fingerprint density at radius 2 is 2.12 bits per heavy atom. The van der Waals surface area contributed by atoms with Gasteiger partial charge in [-0.05, 0) is 39.8 Å². The zero-order valence-electron chi connectivity index (χ0n) is 9.77. The van der Waals surface area contributed by atoms with Gasteiger partial charge in [-0.3, -0.25) is 0 Å². The monoisotopic (exact) mass is 254 g/mol. The first kappa shape index (κ1) is 13.2. The summed E-state index contributed by atoms with van der Waals surface area (Å²) in [7, 11) is 0. The van der Waals surface area contributed by atoms with Crippen molar-refractivity contribution < 1.29 is 4.55 Å². The van der Waals surface area contributed by atoms with Crippen LogP contribution in [0.1, 0.15) is 37.4 Å². The molecule has 3 nitrogen and oxygen atoms in total. The van der Waals surface area contributed by atoms with Gasteiger partial charge < -0.3 is 4.55 Å². The minimum absolute atomic E-state index is 0.351. The van der Waals surface area contributed by atoms with Gasteiger partial charge in [-0.2, -0.15) is 5.26 Å². The number of nitrogens with zero attached hydrogens (tertiary/aromatic N) is 2. The highest BCUT2D eigenvalue weighted by Crippen LogP contribution is 2.21. The van der Waals surface area contributed by atoms with Gasteiger partial charge in [-0.15, -0.1) is 11.3 Å². The van der Waals surface area contributed by atoms with Crippen molar-refractivity contribution in [2.45, 2.75) is 32.4 Å². The predicted octanol–water partition coefficient (Wildman–Crippen LogP) is 2.89. The summed E-state index contributed by atoms with van der Waals surface area (Å²) < 4.78 is 15.6. The van der Waals surface area contributed by atoms with Crippen LogP contribution in [0.5, 0.6) is 0 Å². The van der Waals surface area contributed by atoms with Crippen LogP contribution in [0.15, 0.2) is 16.5 Å². The van der Waals surface area contributed by atoms with Crippen LogP contribution in [0.25, 0.3) is 0 Å². The maximum absolute atomic E-state index is 11.8. The maximum Gasteiger partial charge on any atom is 0.144 e. The molecule has 0 saturated heterocycles. The van der Waals surface area contributed by atoms with Crippen molar-refractivity contribution in [1.29, 1.82) is 5.26 Å². The predicted molar refractivity (Wildman–Crippen MR) is 69.1 cm³/mol. The summed E-state index contributed by atoms with van der Waals surface area (Å²) in [6.07, 6.45) is 0. The molecule has 1 aromatic heterocycles. The first-order valence-electron chi connectivity index (χ1n) is 4.82. The van der Waals surface area contributed by atoms with Crippen LogP contribution in [0.4, 0.5) is 0 Å². The van der Waals surface area contributed by atoms with Gasteiger partial charge in [0.2, 0.25) is 0 Å². The lowest BCUT2D eigenvalue weighted by molar-refractivity contribution is 0.561. The van der Waals surface area contributed by atoms with E-state index in [1.165, 1.54) is 11.3 Å². The highest BCUT2D eigenvalue weighted by atomic mass is 32.2. The zero-order valence-corrected chi connectivity index (χ0v) is 11.4. The van der Waals surface area contributed by atoms with E-state index < -0.39 is 11.4 Å². The highest BCUT2D eigenvalue weighted by Gasteiger charge is 2.26. The van der Waals surface area contributed by atoms with Gasteiger partial charge in [0.25, 0.3) is 0 Å². The third kappa shape index (κ3) is 3.34. The molecule has 5 heteroatoms. The molecule has 0 amide bonds. The molecule has 1 rings (SSSR count). The van der Waals surface area contributed by atoms with E-state index in [0.717, 1.165) is 10.6 Å². The van der Waals surface area contributed by atoms with Crippen molar-refractivity contribution in [3.8, 4) is 6.07 Å².